The molecule has 1 aromatic rings. The predicted octanol–water partition coefficient (Wildman–Crippen LogP) is 2.10. The van der Waals surface area contributed by atoms with E-state index in [2.05, 4.69) is 0 Å². The minimum atomic E-state index is -1.42. The number of fused-ring (bicyclic) bond motifs is 1. The van der Waals surface area contributed by atoms with Crippen LogP contribution < -0.4 is 4.52 Å². The molecule has 0 radical (unpaired) electrons. The molecule has 1 aromatic carbocycles. The van der Waals surface area contributed by atoms with Crippen LogP contribution in [-0.2, 0) is 15.7 Å². The van der Waals surface area contributed by atoms with E-state index in [9.17, 15) is 0 Å². The van der Waals surface area contributed by atoms with E-state index >= 15 is 0 Å². The van der Waals surface area contributed by atoms with Crippen LogP contribution in [0.2, 0.25) is 0 Å². The number of aliphatic hydroxyl groups excluding tert-OH is 1. The van der Waals surface area contributed by atoms with Crippen LogP contribution in [0.3, 0.4) is 0 Å². The van der Waals surface area contributed by atoms with E-state index < -0.39 is 8.60 Å². The van der Waals surface area contributed by atoms with Crippen LogP contribution in [0.1, 0.15) is 11.1 Å². The van der Waals surface area contributed by atoms with Crippen LogP contribution >= 0.6 is 8.60 Å². The zero-order chi connectivity index (χ0) is 9.97. The Hall–Kier alpha value is -0.670. The number of aliphatic hydroxyl groups is 1. The molecule has 0 aromatic heterocycles. The lowest BCUT2D eigenvalue weighted by Crippen LogP contribution is -2.06. The van der Waals surface area contributed by atoms with Crippen LogP contribution in [0.5, 0.6) is 5.75 Å². The van der Waals surface area contributed by atoms with Crippen LogP contribution in [0.15, 0.2) is 18.2 Å². The van der Waals surface area contributed by atoms with Gasteiger partial charge in [-0.15, -0.1) is 0 Å². The van der Waals surface area contributed by atoms with Gasteiger partial charge >= 0.3 is 8.60 Å². The number of hydrogen-bond acceptors (Lipinski definition) is 4. The minimum absolute atomic E-state index is 0.382. The van der Waals surface area contributed by atoms with Gasteiger partial charge in [0, 0.05) is 5.56 Å². The second-order valence-electron chi connectivity index (χ2n) is 2.96. The Balaban J connectivity index is 2.15. The quantitative estimate of drug-likeness (QED) is 0.605. The molecule has 0 amide bonds. The Labute approximate surface area is 83.4 Å². The molecule has 2 rings (SSSR count). The molecule has 1 heterocycles. The first kappa shape index (κ1) is 9.87. The van der Waals surface area contributed by atoms with Crippen molar-refractivity contribution in [3.63, 3.8) is 0 Å². The standard InChI is InChI=1S/C9H11O4P/c1-7-2-3-9-8(4-7)5-11-14(13-9)12-6-10/h2-4,10H,5-6H2,1H3. The molecule has 1 aliphatic rings. The summed E-state index contributed by atoms with van der Waals surface area (Å²) in [4.78, 5) is 0. The highest BCUT2D eigenvalue weighted by Gasteiger charge is 2.22. The van der Waals surface area contributed by atoms with Crippen LogP contribution in [0.4, 0.5) is 0 Å². The summed E-state index contributed by atoms with van der Waals surface area (Å²) in [6.45, 7) is 2.11. The average molecular weight is 214 g/mol. The summed E-state index contributed by atoms with van der Waals surface area (Å²) < 4.78 is 15.5. The van der Waals surface area contributed by atoms with E-state index in [4.69, 9.17) is 18.7 Å². The van der Waals surface area contributed by atoms with E-state index in [0.717, 1.165) is 11.3 Å². The van der Waals surface area contributed by atoms with Gasteiger partial charge in [-0.05, 0) is 13.0 Å². The smallest absolute Gasteiger partial charge is 0.399 e. The molecule has 0 saturated carbocycles. The topological polar surface area (TPSA) is 47.9 Å². The van der Waals surface area contributed by atoms with Crippen molar-refractivity contribution in [3.8, 4) is 5.75 Å². The molecule has 0 aliphatic carbocycles. The Kier molecular flexibility index (Phi) is 2.99. The summed E-state index contributed by atoms with van der Waals surface area (Å²) >= 11 is 0. The van der Waals surface area contributed by atoms with Crippen molar-refractivity contribution in [2.75, 3.05) is 6.79 Å². The molecule has 4 nitrogen and oxygen atoms in total. The molecular weight excluding hydrogens is 203 g/mol. The molecule has 1 unspecified atom stereocenters. The van der Waals surface area contributed by atoms with E-state index in [1.54, 1.807) is 0 Å². The molecule has 76 valence electrons. The number of benzene rings is 1. The van der Waals surface area contributed by atoms with Gasteiger partial charge in [0.05, 0.1) is 6.61 Å². The van der Waals surface area contributed by atoms with Gasteiger partial charge in [0.25, 0.3) is 0 Å². The van der Waals surface area contributed by atoms with Gasteiger partial charge in [0.2, 0.25) is 0 Å². The van der Waals surface area contributed by atoms with Crippen LogP contribution in [0.25, 0.3) is 0 Å². The molecule has 1 N–H and O–H groups in total. The lowest BCUT2D eigenvalue weighted by Gasteiger charge is -2.23. The van der Waals surface area contributed by atoms with E-state index in [1.807, 2.05) is 25.1 Å². The Morgan fingerprint density at radius 3 is 3.21 bits per heavy atom. The zero-order valence-electron chi connectivity index (χ0n) is 7.77. The number of rotatable bonds is 2. The summed E-state index contributed by atoms with van der Waals surface area (Å²) in [7, 11) is -1.42. The molecule has 1 aliphatic heterocycles. The molecule has 0 saturated heterocycles. The van der Waals surface area contributed by atoms with Gasteiger partial charge in [-0.25, -0.2) is 0 Å². The van der Waals surface area contributed by atoms with Crippen molar-refractivity contribution < 1.29 is 18.7 Å². The van der Waals surface area contributed by atoms with Gasteiger partial charge in [-0.2, -0.15) is 0 Å². The molecule has 0 fully saturated rings. The maximum Gasteiger partial charge on any atom is 0.399 e. The van der Waals surface area contributed by atoms with Crippen molar-refractivity contribution in [2.45, 2.75) is 13.5 Å². The third-order valence-corrected chi connectivity index (χ3v) is 2.89. The third-order valence-electron chi connectivity index (χ3n) is 1.88. The van der Waals surface area contributed by atoms with Crippen molar-refractivity contribution in [1.82, 2.24) is 0 Å². The molecule has 14 heavy (non-hydrogen) atoms. The zero-order valence-corrected chi connectivity index (χ0v) is 8.66. The van der Waals surface area contributed by atoms with Gasteiger partial charge in [-0.1, -0.05) is 17.7 Å². The van der Waals surface area contributed by atoms with Crippen molar-refractivity contribution in [3.05, 3.63) is 29.3 Å². The SMILES string of the molecule is Cc1ccc2c(c1)COP(OCO)O2. The highest BCUT2D eigenvalue weighted by atomic mass is 31.2. The van der Waals surface area contributed by atoms with Gasteiger partial charge < -0.3 is 9.63 Å². The van der Waals surface area contributed by atoms with E-state index in [-0.39, 0.29) is 6.79 Å². The monoisotopic (exact) mass is 214 g/mol. The van der Waals surface area contributed by atoms with Crippen molar-refractivity contribution >= 4 is 8.60 Å². The fourth-order valence-electron chi connectivity index (χ4n) is 1.25. The maximum atomic E-state index is 8.54. The fraction of sp³-hybridized carbons (Fsp3) is 0.333. The molecular formula is C9H11O4P. The highest BCUT2D eigenvalue weighted by Crippen LogP contribution is 2.46. The lowest BCUT2D eigenvalue weighted by molar-refractivity contribution is 0.0706. The summed E-state index contributed by atoms with van der Waals surface area (Å²) in [5, 5.41) is 8.54. The van der Waals surface area contributed by atoms with Crippen molar-refractivity contribution in [1.29, 1.82) is 0 Å². The number of hydrogen-bond donors (Lipinski definition) is 1. The molecule has 0 spiro atoms. The Morgan fingerprint density at radius 1 is 1.57 bits per heavy atom. The van der Waals surface area contributed by atoms with E-state index in [1.165, 1.54) is 5.56 Å². The first-order valence-electron chi connectivity index (χ1n) is 4.24. The predicted molar refractivity (Wildman–Crippen MR) is 51.7 cm³/mol. The maximum absolute atomic E-state index is 8.54. The molecule has 0 bridgehead atoms. The molecule has 5 heteroatoms. The first-order chi connectivity index (χ1) is 6.79. The normalized spacial score (nSPS) is 20.0. The van der Waals surface area contributed by atoms with E-state index in [0.29, 0.717) is 6.61 Å². The summed E-state index contributed by atoms with van der Waals surface area (Å²) in [5.41, 5.74) is 2.19. The molecule has 1 atom stereocenters. The highest BCUT2D eigenvalue weighted by molar-refractivity contribution is 7.42. The van der Waals surface area contributed by atoms with Crippen molar-refractivity contribution in [2.24, 2.45) is 0 Å². The van der Waals surface area contributed by atoms with Crippen LogP contribution in [0, 0.1) is 6.92 Å². The fourth-order valence-corrected chi connectivity index (χ4v) is 2.11. The largest absolute Gasteiger partial charge is 0.426 e. The average Bonchev–Trinajstić information content (AvgIpc) is 2.19. The minimum Gasteiger partial charge on any atom is -0.426 e. The van der Waals surface area contributed by atoms with Gasteiger partial charge in [-0.3, -0.25) is 9.05 Å². The second kappa shape index (κ2) is 4.24. The second-order valence-corrected chi connectivity index (χ2v) is 4.10. The van der Waals surface area contributed by atoms with Gasteiger partial charge in [0.1, 0.15) is 5.75 Å². The number of aryl methyl sites for hydroxylation is 1. The Morgan fingerprint density at radius 2 is 2.43 bits per heavy atom. The first-order valence-corrected chi connectivity index (χ1v) is 5.33. The summed E-state index contributed by atoms with van der Waals surface area (Å²) in [6, 6.07) is 5.88. The lowest BCUT2D eigenvalue weighted by atomic mass is 10.1. The van der Waals surface area contributed by atoms with Crippen LogP contribution in [-0.4, -0.2) is 11.9 Å². The third kappa shape index (κ3) is 2.04. The summed E-state index contributed by atoms with van der Waals surface area (Å²) in [5.74, 6) is 0.779. The Bertz CT molecular complexity index is 329. The summed E-state index contributed by atoms with van der Waals surface area (Å²) in [6.07, 6.45) is 0. The van der Waals surface area contributed by atoms with Gasteiger partial charge in [0.15, 0.2) is 6.79 Å².